The van der Waals surface area contributed by atoms with E-state index in [0.717, 1.165) is 37.7 Å². The van der Waals surface area contributed by atoms with Gasteiger partial charge in [0.1, 0.15) is 11.3 Å². The quantitative estimate of drug-likeness (QED) is 0.843. The van der Waals surface area contributed by atoms with E-state index < -0.39 is 5.63 Å². The van der Waals surface area contributed by atoms with E-state index in [4.69, 9.17) is 9.15 Å². The van der Waals surface area contributed by atoms with Crippen LogP contribution in [0.1, 0.15) is 19.3 Å². The molecule has 2 aliphatic heterocycles. The molecule has 7 heteroatoms. The lowest BCUT2D eigenvalue weighted by atomic mass is 10.1. The average molecular weight is 365 g/mol. The second-order valence-corrected chi connectivity index (χ2v) is 6.42. The SMILES string of the molecule is Cl.O=C(COc1ccc2ccc(=O)oc2c1)N1C2CCNCC1CC2. The van der Waals surface area contributed by atoms with Crippen LogP contribution in [0.5, 0.6) is 5.75 Å². The first-order valence-corrected chi connectivity index (χ1v) is 8.39. The molecule has 2 aliphatic rings. The first-order chi connectivity index (χ1) is 11.7. The van der Waals surface area contributed by atoms with E-state index in [1.54, 1.807) is 18.2 Å². The molecule has 0 spiro atoms. The van der Waals surface area contributed by atoms with Crippen LogP contribution in [0, 0.1) is 0 Å². The molecule has 2 atom stereocenters. The summed E-state index contributed by atoms with van der Waals surface area (Å²) in [5.41, 5.74) is 0.0656. The van der Waals surface area contributed by atoms with Crippen molar-refractivity contribution in [3.05, 3.63) is 40.8 Å². The van der Waals surface area contributed by atoms with Crippen LogP contribution in [0.2, 0.25) is 0 Å². The van der Waals surface area contributed by atoms with Crippen LogP contribution in [0.4, 0.5) is 0 Å². The normalized spacial score (nSPS) is 22.3. The van der Waals surface area contributed by atoms with Gasteiger partial charge in [0.15, 0.2) is 6.61 Å². The second kappa shape index (κ2) is 7.45. The van der Waals surface area contributed by atoms with Gasteiger partial charge in [0.05, 0.1) is 0 Å². The maximum atomic E-state index is 12.6. The third-order valence-electron chi connectivity index (χ3n) is 4.90. The molecule has 1 N–H and O–H groups in total. The molecule has 1 aromatic heterocycles. The number of rotatable bonds is 3. The standard InChI is InChI=1S/C18H20N2O4.ClH/c21-17(20-13-3-4-14(20)10-19-8-7-13)11-23-15-5-1-12-2-6-18(22)24-16(12)9-15;/h1-2,5-6,9,13-14,19H,3-4,7-8,10-11H2;1H. The van der Waals surface area contributed by atoms with E-state index in [-0.39, 0.29) is 31.0 Å². The summed E-state index contributed by atoms with van der Waals surface area (Å²) in [7, 11) is 0. The van der Waals surface area contributed by atoms with Gasteiger partial charge in [-0.1, -0.05) is 0 Å². The van der Waals surface area contributed by atoms with Crippen molar-refractivity contribution in [1.82, 2.24) is 10.2 Å². The van der Waals surface area contributed by atoms with Crippen LogP contribution in [-0.4, -0.2) is 42.6 Å². The highest BCUT2D eigenvalue weighted by atomic mass is 35.5. The van der Waals surface area contributed by atoms with Gasteiger partial charge in [0.2, 0.25) is 0 Å². The molecule has 0 saturated carbocycles. The molecule has 2 saturated heterocycles. The molecular formula is C18H21ClN2O4. The Morgan fingerprint density at radius 1 is 1.20 bits per heavy atom. The molecule has 134 valence electrons. The van der Waals surface area contributed by atoms with Crippen molar-refractivity contribution < 1.29 is 13.9 Å². The van der Waals surface area contributed by atoms with E-state index in [1.807, 2.05) is 11.0 Å². The van der Waals surface area contributed by atoms with Gasteiger partial charge >= 0.3 is 5.63 Å². The number of hydrogen-bond acceptors (Lipinski definition) is 5. The lowest BCUT2D eigenvalue weighted by molar-refractivity contribution is -0.136. The molecule has 1 aromatic carbocycles. The minimum Gasteiger partial charge on any atom is -0.484 e. The number of halogens is 1. The molecule has 0 aliphatic carbocycles. The van der Waals surface area contributed by atoms with Gasteiger partial charge in [-0.3, -0.25) is 4.79 Å². The third kappa shape index (κ3) is 3.65. The van der Waals surface area contributed by atoms with Crippen molar-refractivity contribution in [3.8, 4) is 5.75 Å². The summed E-state index contributed by atoms with van der Waals surface area (Å²) >= 11 is 0. The van der Waals surface area contributed by atoms with Crippen molar-refractivity contribution in [2.24, 2.45) is 0 Å². The van der Waals surface area contributed by atoms with Gasteiger partial charge in [-0.2, -0.15) is 0 Å². The first-order valence-electron chi connectivity index (χ1n) is 8.39. The third-order valence-corrected chi connectivity index (χ3v) is 4.90. The van der Waals surface area contributed by atoms with Crippen LogP contribution in [0.15, 0.2) is 39.5 Å². The molecule has 2 unspecified atom stereocenters. The minimum atomic E-state index is -0.399. The highest BCUT2D eigenvalue weighted by Gasteiger charge is 2.37. The van der Waals surface area contributed by atoms with Crippen molar-refractivity contribution in [3.63, 3.8) is 0 Å². The molecular weight excluding hydrogens is 344 g/mol. The Kier molecular flexibility index (Phi) is 5.30. The summed E-state index contributed by atoms with van der Waals surface area (Å²) in [5, 5.41) is 4.21. The van der Waals surface area contributed by atoms with E-state index in [1.165, 1.54) is 6.07 Å². The topological polar surface area (TPSA) is 71.8 Å². The smallest absolute Gasteiger partial charge is 0.336 e. The molecule has 0 radical (unpaired) electrons. The fraction of sp³-hybridized carbons (Fsp3) is 0.444. The van der Waals surface area contributed by atoms with Crippen LogP contribution in [-0.2, 0) is 4.79 Å². The second-order valence-electron chi connectivity index (χ2n) is 6.42. The zero-order valence-corrected chi connectivity index (χ0v) is 14.6. The van der Waals surface area contributed by atoms with Gasteiger partial charge in [0, 0.05) is 36.1 Å². The number of amides is 1. The Morgan fingerprint density at radius 3 is 2.88 bits per heavy atom. The van der Waals surface area contributed by atoms with E-state index in [9.17, 15) is 9.59 Å². The summed E-state index contributed by atoms with van der Waals surface area (Å²) < 4.78 is 10.8. The van der Waals surface area contributed by atoms with Crippen LogP contribution in [0.3, 0.4) is 0 Å². The fourth-order valence-electron chi connectivity index (χ4n) is 3.74. The number of ether oxygens (including phenoxy) is 1. The van der Waals surface area contributed by atoms with Gasteiger partial charge in [0.25, 0.3) is 5.91 Å². The molecule has 2 aromatic rings. The van der Waals surface area contributed by atoms with Gasteiger partial charge in [-0.25, -0.2) is 4.79 Å². The molecule has 2 bridgehead atoms. The van der Waals surface area contributed by atoms with Crippen molar-refractivity contribution >= 4 is 29.3 Å². The van der Waals surface area contributed by atoms with Gasteiger partial charge in [-0.05, 0) is 44.0 Å². The number of nitrogens with one attached hydrogen (secondary N) is 1. The van der Waals surface area contributed by atoms with E-state index in [2.05, 4.69) is 5.32 Å². The van der Waals surface area contributed by atoms with Crippen molar-refractivity contribution in [1.29, 1.82) is 0 Å². The van der Waals surface area contributed by atoms with Crippen LogP contribution < -0.4 is 15.7 Å². The Balaban J connectivity index is 0.00000182. The lowest BCUT2D eigenvalue weighted by Crippen LogP contribution is -2.44. The van der Waals surface area contributed by atoms with E-state index in [0.29, 0.717) is 17.4 Å². The zero-order valence-electron chi connectivity index (χ0n) is 13.8. The van der Waals surface area contributed by atoms with Gasteiger partial charge < -0.3 is 19.4 Å². The Bertz CT molecular complexity index is 808. The maximum absolute atomic E-state index is 12.6. The fourth-order valence-corrected chi connectivity index (χ4v) is 3.74. The zero-order chi connectivity index (χ0) is 16.5. The summed E-state index contributed by atoms with van der Waals surface area (Å²) in [6.45, 7) is 1.84. The van der Waals surface area contributed by atoms with Crippen LogP contribution in [0.25, 0.3) is 11.0 Å². The summed E-state index contributed by atoms with van der Waals surface area (Å²) in [5.74, 6) is 0.561. The molecule has 2 fully saturated rings. The number of benzene rings is 1. The Hall–Kier alpha value is -2.05. The minimum absolute atomic E-state index is 0. The molecule has 6 nitrogen and oxygen atoms in total. The number of hydrogen-bond donors (Lipinski definition) is 1. The molecule has 25 heavy (non-hydrogen) atoms. The summed E-state index contributed by atoms with van der Waals surface area (Å²) in [6.07, 6.45) is 3.15. The highest BCUT2D eigenvalue weighted by molar-refractivity contribution is 5.85. The van der Waals surface area contributed by atoms with Crippen molar-refractivity contribution in [2.75, 3.05) is 19.7 Å². The predicted octanol–water partition coefficient (Wildman–Crippen LogP) is 1.95. The number of carbonyl (C=O) groups excluding carboxylic acids is 1. The lowest BCUT2D eigenvalue weighted by Gasteiger charge is -2.27. The highest BCUT2D eigenvalue weighted by Crippen LogP contribution is 2.28. The molecule has 4 rings (SSSR count). The largest absolute Gasteiger partial charge is 0.484 e. The summed E-state index contributed by atoms with van der Waals surface area (Å²) in [4.78, 5) is 25.9. The maximum Gasteiger partial charge on any atom is 0.336 e. The van der Waals surface area contributed by atoms with E-state index >= 15 is 0 Å². The summed E-state index contributed by atoms with van der Waals surface area (Å²) in [6, 6.07) is 8.96. The first kappa shape index (κ1) is 17.8. The van der Waals surface area contributed by atoms with Crippen LogP contribution >= 0.6 is 12.4 Å². The number of carbonyl (C=O) groups is 1. The Morgan fingerprint density at radius 2 is 2.00 bits per heavy atom. The van der Waals surface area contributed by atoms with Gasteiger partial charge in [-0.15, -0.1) is 12.4 Å². The number of nitrogens with zero attached hydrogens (tertiary/aromatic N) is 1. The average Bonchev–Trinajstić information content (AvgIpc) is 2.85. The van der Waals surface area contributed by atoms with Crippen molar-refractivity contribution in [2.45, 2.75) is 31.3 Å². The Labute approximate surface area is 151 Å². The number of fused-ring (bicyclic) bond motifs is 3. The molecule has 1 amide bonds. The molecule has 3 heterocycles. The monoisotopic (exact) mass is 364 g/mol. The predicted molar refractivity (Wildman–Crippen MR) is 96.4 cm³/mol.